The van der Waals surface area contributed by atoms with Gasteiger partial charge in [0.1, 0.15) is 0 Å². The zero-order valence-corrected chi connectivity index (χ0v) is 12.8. The van der Waals surface area contributed by atoms with Crippen molar-refractivity contribution in [1.29, 1.82) is 0 Å². The fourth-order valence-electron chi connectivity index (χ4n) is 2.25. The van der Waals surface area contributed by atoms with Gasteiger partial charge in [0, 0.05) is 36.3 Å². The van der Waals surface area contributed by atoms with Crippen LogP contribution in [-0.4, -0.2) is 30.1 Å². The molecule has 0 aliphatic heterocycles. The number of likely N-dealkylation sites (N-methyl/N-ethyl adjacent to an activating group) is 1. The van der Waals surface area contributed by atoms with Crippen LogP contribution in [0.1, 0.15) is 23.4 Å². The lowest BCUT2D eigenvalue weighted by Gasteiger charge is -2.29. The molecule has 0 saturated carbocycles. The van der Waals surface area contributed by atoms with Crippen molar-refractivity contribution >= 4 is 11.3 Å². The van der Waals surface area contributed by atoms with Gasteiger partial charge >= 0.3 is 0 Å². The summed E-state index contributed by atoms with van der Waals surface area (Å²) in [6.45, 7) is 4.61. The molecule has 0 fully saturated rings. The van der Waals surface area contributed by atoms with E-state index in [0.29, 0.717) is 12.4 Å². The zero-order valence-electron chi connectivity index (χ0n) is 12.0. The first-order valence-corrected chi connectivity index (χ1v) is 7.62. The second-order valence-corrected chi connectivity index (χ2v) is 5.56. The zero-order chi connectivity index (χ0) is 14.4. The van der Waals surface area contributed by atoms with Crippen LogP contribution in [0.3, 0.4) is 0 Å². The molecule has 2 rings (SSSR count). The number of nitrogens with zero attached hydrogens (tertiary/aromatic N) is 2. The lowest BCUT2D eigenvalue weighted by atomic mass is 10.1. The summed E-state index contributed by atoms with van der Waals surface area (Å²) in [5.74, 6) is 0.630. The maximum absolute atomic E-state index is 5.98. The molecule has 0 bridgehead atoms. The molecular formula is C15H21N3OS. The van der Waals surface area contributed by atoms with Gasteiger partial charge in [0.15, 0.2) is 0 Å². The number of methoxy groups -OCH3 is 1. The number of thiophene rings is 1. The summed E-state index contributed by atoms with van der Waals surface area (Å²) < 4.78 is 5.10. The number of hydrogen-bond acceptors (Lipinski definition) is 5. The molecule has 5 heteroatoms. The maximum atomic E-state index is 5.98. The Balaban J connectivity index is 2.15. The number of pyridine rings is 1. The minimum Gasteiger partial charge on any atom is -0.481 e. The lowest BCUT2D eigenvalue weighted by molar-refractivity contribution is 0.205. The molecule has 0 aromatic carbocycles. The van der Waals surface area contributed by atoms with E-state index < -0.39 is 0 Å². The summed E-state index contributed by atoms with van der Waals surface area (Å²) >= 11 is 1.78. The Hall–Kier alpha value is -1.43. The van der Waals surface area contributed by atoms with E-state index in [2.05, 4.69) is 34.3 Å². The van der Waals surface area contributed by atoms with Gasteiger partial charge in [0.25, 0.3) is 0 Å². The van der Waals surface area contributed by atoms with Crippen molar-refractivity contribution in [2.24, 2.45) is 5.73 Å². The van der Waals surface area contributed by atoms with E-state index in [0.717, 1.165) is 18.7 Å². The molecule has 0 spiro atoms. The summed E-state index contributed by atoms with van der Waals surface area (Å²) in [6, 6.07) is 8.35. The van der Waals surface area contributed by atoms with Crippen molar-refractivity contribution in [2.75, 3.05) is 20.2 Å². The summed E-state index contributed by atoms with van der Waals surface area (Å²) in [6.07, 6.45) is 1.85. The van der Waals surface area contributed by atoms with Crippen molar-refractivity contribution < 1.29 is 4.74 Å². The molecule has 0 radical (unpaired) electrons. The van der Waals surface area contributed by atoms with E-state index in [-0.39, 0.29) is 6.04 Å². The average molecular weight is 291 g/mol. The van der Waals surface area contributed by atoms with Gasteiger partial charge in [-0.3, -0.25) is 4.90 Å². The standard InChI is InChI=1S/C15H21N3OS/c1-3-18(11-13-5-4-8-20-13)14(9-16)12-6-7-15(19-2)17-10-12/h4-8,10,14H,3,9,11,16H2,1-2H3. The van der Waals surface area contributed by atoms with Crippen LogP contribution in [0, 0.1) is 0 Å². The van der Waals surface area contributed by atoms with Crippen molar-refractivity contribution in [3.05, 3.63) is 46.3 Å². The molecule has 0 saturated heterocycles. The average Bonchev–Trinajstić information content (AvgIpc) is 3.00. The fourth-order valence-corrected chi connectivity index (χ4v) is 2.98. The Bertz CT molecular complexity index is 498. The van der Waals surface area contributed by atoms with Gasteiger partial charge in [-0.15, -0.1) is 11.3 Å². The molecule has 1 atom stereocenters. The van der Waals surface area contributed by atoms with Crippen LogP contribution >= 0.6 is 11.3 Å². The molecule has 2 aromatic rings. The van der Waals surface area contributed by atoms with Crippen LogP contribution in [0.4, 0.5) is 0 Å². The number of aromatic nitrogens is 1. The normalized spacial score (nSPS) is 12.6. The Kier molecular flexibility index (Phi) is 5.52. The molecule has 0 aliphatic rings. The predicted molar refractivity (Wildman–Crippen MR) is 83.0 cm³/mol. The lowest BCUT2D eigenvalue weighted by Crippen LogP contribution is -2.33. The van der Waals surface area contributed by atoms with E-state index in [1.54, 1.807) is 18.4 Å². The largest absolute Gasteiger partial charge is 0.481 e. The highest BCUT2D eigenvalue weighted by Crippen LogP contribution is 2.23. The summed E-state index contributed by atoms with van der Waals surface area (Å²) in [5.41, 5.74) is 7.11. The first kappa shape index (κ1) is 15.0. The third-order valence-electron chi connectivity index (χ3n) is 3.36. The molecule has 108 valence electrons. The first-order valence-electron chi connectivity index (χ1n) is 6.75. The minimum absolute atomic E-state index is 0.181. The van der Waals surface area contributed by atoms with E-state index in [1.807, 2.05) is 18.3 Å². The molecule has 2 heterocycles. The summed E-state index contributed by atoms with van der Waals surface area (Å²) in [7, 11) is 1.62. The number of ether oxygens (including phenoxy) is 1. The number of nitrogens with two attached hydrogens (primary N) is 1. The third-order valence-corrected chi connectivity index (χ3v) is 4.22. The van der Waals surface area contributed by atoms with E-state index in [4.69, 9.17) is 10.5 Å². The molecule has 2 N–H and O–H groups in total. The van der Waals surface area contributed by atoms with Gasteiger partial charge in [-0.2, -0.15) is 0 Å². The highest BCUT2D eigenvalue weighted by Gasteiger charge is 2.18. The molecule has 4 nitrogen and oxygen atoms in total. The van der Waals surface area contributed by atoms with Crippen molar-refractivity contribution in [3.8, 4) is 5.88 Å². The molecule has 2 aromatic heterocycles. The van der Waals surface area contributed by atoms with Crippen LogP contribution in [0.2, 0.25) is 0 Å². The molecule has 1 unspecified atom stereocenters. The SMILES string of the molecule is CCN(Cc1cccs1)C(CN)c1ccc(OC)nc1. The Morgan fingerprint density at radius 1 is 1.40 bits per heavy atom. The van der Waals surface area contributed by atoms with Gasteiger partial charge in [0.2, 0.25) is 5.88 Å². The highest BCUT2D eigenvalue weighted by molar-refractivity contribution is 7.09. The molecule has 20 heavy (non-hydrogen) atoms. The molecule has 0 amide bonds. The first-order chi connectivity index (χ1) is 9.78. The quantitative estimate of drug-likeness (QED) is 0.852. The van der Waals surface area contributed by atoms with Gasteiger partial charge < -0.3 is 10.5 Å². The monoisotopic (exact) mass is 291 g/mol. The van der Waals surface area contributed by atoms with Crippen LogP contribution in [0.15, 0.2) is 35.8 Å². The number of rotatable bonds is 7. The van der Waals surface area contributed by atoms with Gasteiger partial charge in [-0.05, 0) is 23.6 Å². The second-order valence-electron chi connectivity index (χ2n) is 4.53. The van der Waals surface area contributed by atoms with E-state index in [9.17, 15) is 0 Å². The highest BCUT2D eigenvalue weighted by atomic mass is 32.1. The van der Waals surface area contributed by atoms with Crippen molar-refractivity contribution in [3.63, 3.8) is 0 Å². The molecule has 0 aliphatic carbocycles. The van der Waals surface area contributed by atoms with Crippen LogP contribution in [0.5, 0.6) is 5.88 Å². The summed E-state index contributed by atoms with van der Waals surface area (Å²) in [5, 5.41) is 2.11. The summed E-state index contributed by atoms with van der Waals surface area (Å²) in [4.78, 5) is 8.00. The maximum Gasteiger partial charge on any atom is 0.212 e. The van der Waals surface area contributed by atoms with E-state index >= 15 is 0 Å². The van der Waals surface area contributed by atoms with Crippen molar-refractivity contribution in [1.82, 2.24) is 9.88 Å². The van der Waals surface area contributed by atoms with Crippen molar-refractivity contribution in [2.45, 2.75) is 19.5 Å². The fraction of sp³-hybridized carbons (Fsp3) is 0.400. The molecular weight excluding hydrogens is 270 g/mol. The van der Waals surface area contributed by atoms with Gasteiger partial charge in [-0.1, -0.05) is 19.1 Å². The third kappa shape index (κ3) is 3.56. The Morgan fingerprint density at radius 3 is 2.75 bits per heavy atom. The van der Waals surface area contributed by atoms with Gasteiger partial charge in [-0.25, -0.2) is 4.98 Å². The second kappa shape index (κ2) is 7.38. The number of hydrogen-bond donors (Lipinski definition) is 1. The predicted octanol–water partition coefficient (Wildman–Crippen LogP) is 2.67. The van der Waals surface area contributed by atoms with E-state index in [1.165, 1.54) is 4.88 Å². The van der Waals surface area contributed by atoms with Crippen LogP contribution in [0.25, 0.3) is 0 Å². The topological polar surface area (TPSA) is 51.4 Å². The smallest absolute Gasteiger partial charge is 0.212 e. The van der Waals surface area contributed by atoms with Crippen LogP contribution in [-0.2, 0) is 6.54 Å². The minimum atomic E-state index is 0.181. The van der Waals surface area contributed by atoms with Crippen LogP contribution < -0.4 is 10.5 Å². The van der Waals surface area contributed by atoms with Gasteiger partial charge in [0.05, 0.1) is 7.11 Å². The Morgan fingerprint density at radius 2 is 2.25 bits per heavy atom. The Labute approximate surface area is 124 Å².